The third-order valence-electron chi connectivity index (χ3n) is 5.75. The van der Waals surface area contributed by atoms with E-state index >= 15 is 0 Å². The first-order chi connectivity index (χ1) is 15.0. The van der Waals surface area contributed by atoms with Crippen molar-refractivity contribution in [3.8, 4) is 0 Å². The quantitative estimate of drug-likeness (QED) is 0.570. The summed E-state index contributed by atoms with van der Waals surface area (Å²) in [5.74, 6) is 0.433. The summed E-state index contributed by atoms with van der Waals surface area (Å²) < 4.78 is 1.91. The highest BCUT2D eigenvalue weighted by Crippen LogP contribution is 2.19. The van der Waals surface area contributed by atoms with Gasteiger partial charge in [0.05, 0.1) is 17.6 Å². The zero-order chi connectivity index (χ0) is 22.4. The van der Waals surface area contributed by atoms with Crippen LogP contribution in [-0.2, 0) is 17.9 Å². The van der Waals surface area contributed by atoms with Crippen LogP contribution < -0.4 is 5.32 Å². The number of hydrogen-bond donors (Lipinski definition) is 1. The molecule has 0 fully saturated rings. The first kappa shape index (κ1) is 22.5. The number of pyridine rings is 1. The molecule has 2 aromatic heterocycles. The number of fused-ring (bicyclic) bond motifs is 1. The fourth-order valence-corrected chi connectivity index (χ4v) is 3.72. The van der Waals surface area contributed by atoms with Crippen molar-refractivity contribution in [3.63, 3.8) is 0 Å². The van der Waals surface area contributed by atoms with Crippen molar-refractivity contribution in [2.45, 2.75) is 65.7 Å². The Balaban J connectivity index is 1.86. The van der Waals surface area contributed by atoms with Crippen LogP contribution in [0.1, 0.15) is 56.8 Å². The van der Waals surface area contributed by atoms with Crippen molar-refractivity contribution in [2.24, 2.45) is 0 Å². The van der Waals surface area contributed by atoms with Gasteiger partial charge in [-0.25, -0.2) is 4.98 Å². The molecule has 164 valence electrons. The summed E-state index contributed by atoms with van der Waals surface area (Å²) in [4.78, 5) is 36.5. The van der Waals surface area contributed by atoms with Gasteiger partial charge in [0, 0.05) is 18.3 Å². The second kappa shape index (κ2) is 10.2. The van der Waals surface area contributed by atoms with Gasteiger partial charge in [-0.3, -0.25) is 14.6 Å². The van der Waals surface area contributed by atoms with E-state index in [1.165, 1.54) is 0 Å². The molecule has 3 aromatic rings. The number of rotatable bonds is 9. The number of carbonyl (C=O) groups excluding carboxylic acids is 2. The minimum atomic E-state index is -0.272. The molecule has 0 bridgehead atoms. The molecule has 0 radical (unpaired) electrons. The topological polar surface area (TPSA) is 80.1 Å². The SMILES string of the molecule is CCC(C)N(C(=O)Cn1c(CNC(=O)c2ccccn2)nc2ccccc21)C(C)CC. The van der Waals surface area contributed by atoms with Gasteiger partial charge in [0.1, 0.15) is 18.1 Å². The number of amides is 2. The number of benzene rings is 1. The molecule has 1 N–H and O–H groups in total. The van der Waals surface area contributed by atoms with E-state index < -0.39 is 0 Å². The maximum Gasteiger partial charge on any atom is 0.270 e. The molecule has 0 saturated carbocycles. The van der Waals surface area contributed by atoms with Crippen molar-refractivity contribution >= 4 is 22.8 Å². The third-order valence-corrected chi connectivity index (χ3v) is 5.75. The first-order valence-electron chi connectivity index (χ1n) is 10.9. The van der Waals surface area contributed by atoms with E-state index in [4.69, 9.17) is 0 Å². The number of para-hydroxylation sites is 2. The van der Waals surface area contributed by atoms with Crippen LogP contribution in [0.4, 0.5) is 0 Å². The van der Waals surface area contributed by atoms with Gasteiger partial charge in [-0.1, -0.05) is 32.0 Å². The highest BCUT2D eigenvalue weighted by molar-refractivity contribution is 5.92. The molecule has 3 rings (SSSR count). The number of nitrogens with zero attached hydrogens (tertiary/aromatic N) is 4. The predicted molar refractivity (Wildman–Crippen MR) is 121 cm³/mol. The molecule has 2 heterocycles. The normalized spacial score (nSPS) is 13.0. The van der Waals surface area contributed by atoms with Gasteiger partial charge in [-0.15, -0.1) is 0 Å². The van der Waals surface area contributed by atoms with E-state index in [0.29, 0.717) is 11.5 Å². The number of aromatic nitrogens is 3. The lowest BCUT2D eigenvalue weighted by Gasteiger charge is -2.34. The maximum absolute atomic E-state index is 13.3. The van der Waals surface area contributed by atoms with Gasteiger partial charge in [0.2, 0.25) is 5.91 Å². The van der Waals surface area contributed by atoms with Gasteiger partial charge in [0.25, 0.3) is 5.91 Å². The van der Waals surface area contributed by atoms with Crippen LogP contribution >= 0.6 is 0 Å². The Morgan fingerprint density at radius 2 is 1.71 bits per heavy atom. The Bertz CT molecular complexity index is 1020. The Labute approximate surface area is 183 Å². The van der Waals surface area contributed by atoms with Gasteiger partial charge in [0.15, 0.2) is 0 Å². The Morgan fingerprint density at radius 1 is 1.03 bits per heavy atom. The standard InChI is InChI=1S/C24H31N5O2/c1-5-17(3)29(18(4)6-2)23(30)16-28-21-13-8-7-11-19(21)27-22(28)15-26-24(31)20-12-9-10-14-25-20/h7-14,17-18H,5-6,15-16H2,1-4H3,(H,26,31). The minimum absolute atomic E-state index is 0.0594. The second-order valence-electron chi connectivity index (χ2n) is 7.82. The fourth-order valence-electron chi connectivity index (χ4n) is 3.72. The summed E-state index contributed by atoms with van der Waals surface area (Å²) in [7, 11) is 0. The van der Waals surface area contributed by atoms with Crippen molar-refractivity contribution in [2.75, 3.05) is 0 Å². The average Bonchev–Trinajstić information content (AvgIpc) is 3.15. The van der Waals surface area contributed by atoms with Gasteiger partial charge >= 0.3 is 0 Å². The van der Waals surface area contributed by atoms with E-state index in [9.17, 15) is 9.59 Å². The smallest absolute Gasteiger partial charge is 0.270 e. The predicted octanol–water partition coefficient (Wildman–Crippen LogP) is 3.79. The van der Waals surface area contributed by atoms with Gasteiger partial charge in [-0.2, -0.15) is 0 Å². The van der Waals surface area contributed by atoms with Crippen molar-refractivity contribution < 1.29 is 9.59 Å². The summed E-state index contributed by atoms with van der Waals surface area (Å²) in [6.07, 6.45) is 3.38. The zero-order valence-electron chi connectivity index (χ0n) is 18.7. The van der Waals surface area contributed by atoms with Crippen LogP contribution in [-0.4, -0.2) is 43.3 Å². The van der Waals surface area contributed by atoms with E-state index in [1.807, 2.05) is 33.7 Å². The summed E-state index contributed by atoms with van der Waals surface area (Å²) in [6, 6.07) is 13.2. The highest BCUT2D eigenvalue weighted by atomic mass is 16.2. The molecule has 0 spiro atoms. The molecule has 7 nitrogen and oxygen atoms in total. The molecule has 2 atom stereocenters. The van der Waals surface area contributed by atoms with Crippen LogP contribution in [0, 0.1) is 0 Å². The molecule has 1 aromatic carbocycles. The highest BCUT2D eigenvalue weighted by Gasteiger charge is 2.25. The molecule has 0 aliphatic heterocycles. The first-order valence-corrected chi connectivity index (χ1v) is 10.9. The lowest BCUT2D eigenvalue weighted by Crippen LogP contribution is -2.46. The molecule has 2 amide bonds. The minimum Gasteiger partial charge on any atom is -0.343 e. The van der Waals surface area contributed by atoms with Gasteiger partial charge in [-0.05, 0) is 51.0 Å². The average molecular weight is 422 g/mol. The second-order valence-corrected chi connectivity index (χ2v) is 7.82. The number of imidazole rings is 1. The number of hydrogen-bond acceptors (Lipinski definition) is 4. The molecule has 0 aliphatic rings. The molecule has 2 unspecified atom stereocenters. The van der Waals surface area contributed by atoms with Gasteiger partial charge < -0.3 is 14.8 Å². The molecular formula is C24H31N5O2. The molecule has 0 aliphatic carbocycles. The lowest BCUT2D eigenvalue weighted by atomic mass is 10.1. The number of nitrogens with one attached hydrogen (secondary N) is 1. The summed E-state index contributed by atoms with van der Waals surface area (Å²) >= 11 is 0. The monoisotopic (exact) mass is 421 g/mol. The number of carbonyl (C=O) groups is 2. The van der Waals surface area contributed by atoms with E-state index in [1.54, 1.807) is 24.4 Å². The third kappa shape index (κ3) is 5.10. The van der Waals surface area contributed by atoms with Crippen LogP contribution in [0.2, 0.25) is 0 Å². The Kier molecular flexibility index (Phi) is 7.39. The fraction of sp³-hybridized carbons (Fsp3) is 0.417. The Morgan fingerprint density at radius 3 is 2.35 bits per heavy atom. The van der Waals surface area contributed by atoms with Crippen molar-refractivity contribution in [3.05, 3.63) is 60.2 Å². The zero-order valence-corrected chi connectivity index (χ0v) is 18.7. The molecule has 0 saturated heterocycles. The van der Waals surface area contributed by atoms with E-state index in [2.05, 4.69) is 43.0 Å². The van der Waals surface area contributed by atoms with Crippen LogP contribution in [0.25, 0.3) is 11.0 Å². The lowest BCUT2D eigenvalue weighted by molar-refractivity contribution is -0.136. The maximum atomic E-state index is 13.3. The van der Waals surface area contributed by atoms with E-state index in [-0.39, 0.29) is 37.0 Å². The summed E-state index contributed by atoms with van der Waals surface area (Å²) in [5, 5.41) is 2.88. The molecule has 31 heavy (non-hydrogen) atoms. The summed E-state index contributed by atoms with van der Waals surface area (Å²) in [6.45, 7) is 8.76. The van der Waals surface area contributed by atoms with Crippen LogP contribution in [0.3, 0.4) is 0 Å². The van der Waals surface area contributed by atoms with Crippen LogP contribution in [0.15, 0.2) is 48.7 Å². The Hall–Kier alpha value is -3.22. The molecule has 7 heteroatoms. The molecular weight excluding hydrogens is 390 g/mol. The van der Waals surface area contributed by atoms with Crippen molar-refractivity contribution in [1.82, 2.24) is 24.8 Å². The summed E-state index contributed by atoms with van der Waals surface area (Å²) in [5.41, 5.74) is 2.03. The van der Waals surface area contributed by atoms with Crippen molar-refractivity contribution in [1.29, 1.82) is 0 Å². The van der Waals surface area contributed by atoms with Crippen LogP contribution in [0.5, 0.6) is 0 Å². The van der Waals surface area contributed by atoms with E-state index in [0.717, 1.165) is 23.9 Å². The largest absolute Gasteiger partial charge is 0.343 e.